The van der Waals surface area contributed by atoms with Crippen molar-refractivity contribution in [3.8, 4) is 0 Å². The summed E-state index contributed by atoms with van der Waals surface area (Å²) in [6.07, 6.45) is -0.0959. The second-order valence-electron chi connectivity index (χ2n) is 5.34. The molecule has 2 rings (SSSR count). The van der Waals surface area contributed by atoms with Gasteiger partial charge in [-0.2, -0.15) is 0 Å². The molecule has 1 aliphatic heterocycles. The Morgan fingerprint density at radius 2 is 2.00 bits per heavy atom. The van der Waals surface area contributed by atoms with Gasteiger partial charge in [-0.1, -0.05) is 0 Å². The van der Waals surface area contributed by atoms with Gasteiger partial charge in [0.25, 0.3) is 0 Å². The zero-order valence-electron chi connectivity index (χ0n) is 11.9. The number of aliphatic hydroxyl groups is 1. The summed E-state index contributed by atoms with van der Waals surface area (Å²) in [5.74, 6) is -1.80. The van der Waals surface area contributed by atoms with Crippen molar-refractivity contribution in [3.63, 3.8) is 0 Å². The van der Waals surface area contributed by atoms with Crippen LogP contribution in [0.3, 0.4) is 0 Å². The predicted octanol–water partition coefficient (Wildman–Crippen LogP) is 1.62. The largest absolute Gasteiger partial charge is 0.394 e. The molecule has 1 N–H and O–H groups in total. The Morgan fingerprint density at radius 3 is 2.62 bits per heavy atom. The highest BCUT2D eigenvalue weighted by Gasteiger charge is 2.25. The number of hydrogen-bond donors (Lipinski definition) is 1. The standard InChI is InChI=1S/C15H19F2NO3/c1-10-7-18(8-14(9-19)21-10)3-2-15(20)11-4-12(16)6-13(17)5-11/h4-6,10,14,19H,2-3,7-9H2,1H3. The number of nitrogens with zero attached hydrogens (tertiary/aromatic N) is 1. The first kappa shape index (κ1) is 16.0. The molecule has 4 nitrogen and oxygen atoms in total. The molecule has 1 fully saturated rings. The van der Waals surface area contributed by atoms with E-state index in [1.807, 2.05) is 11.8 Å². The first-order chi connectivity index (χ1) is 9.97. The molecule has 0 radical (unpaired) electrons. The number of Topliss-reactive ketones (excluding diaryl/α,β-unsaturated/α-hetero) is 1. The summed E-state index contributed by atoms with van der Waals surface area (Å²) in [5, 5.41) is 9.14. The van der Waals surface area contributed by atoms with Crippen molar-refractivity contribution in [3.05, 3.63) is 35.4 Å². The molecule has 0 aromatic heterocycles. The van der Waals surface area contributed by atoms with Gasteiger partial charge in [0.15, 0.2) is 5.78 Å². The number of aliphatic hydroxyl groups excluding tert-OH is 1. The minimum atomic E-state index is -0.751. The molecule has 1 heterocycles. The predicted molar refractivity (Wildman–Crippen MR) is 73.2 cm³/mol. The van der Waals surface area contributed by atoms with E-state index in [1.165, 1.54) is 0 Å². The number of ketones is 1. The molecule has 0 saturated carbocycles. The molecule has 21 heavy (non-hydrogen) atoms. The van der Waals surface area contributed by atoms with Crippen molar-refractivity contribution in [1.29, 1.82) is 0 Å². The van der Waals surface area contributed by atoms with E-state index in [1.54, 1.807) is 0 Å². The van der Waals surface area contributed by atoms with Gasteiger partial charge in [-0.05, 0) is 19.1 Å². The third-order valence-corrected chi connectivity index (χ3v) is 3.45. The average Bonchev–Trinajstić information content (AvgIpc) is 2.43. The zero-order valence-corrected chi connectivity index (χ0v) is 11.9. The first-order valence-electron chi connectivity index (χ1n) is 6.96. The van der Waals surface area contributed by atoms with Crippen LogP contribution < -0.4 is 0 Å². The fraction of sp³-hybridized carbons (Fsp3) is 0.533. The van der Waals surface area contributed by atoms with Crippen molar-refractivity contribution in [2.45, 2.75) is 25.6 Å². The van der Waals surface area contributed by atoms with Crippen LogP contribution in [-0.2, 0) is 4.74 Å². The lowest BCUT2D eigenvalue weighted by atomic mass is 10.1. The zero-order chi connectivity index (χ0) is 15.4. The van der Waals surface area contributed by atoms with Crippen LogP contribution in [0, 0.1) is 11.6 Å². The Bertz CT molecular complexity index is 489. The Kier molecular flexibility index (Phi) is 5.39. The van der Waals surface area contributed by atoms with Crippen molar-refractivity contribution in [1.82, 2.24) is 4.90 Å². The third kappa shape index (κ3) is 4.56. The number of carbonyl (C=O) groups is 1. The molecule has 6 heteroatoms. The van der Waals surface area contributed by atoms with E-state index in [0.717, 1.165) is 18.2 Å². The smallest absolute Gasteiger partial charge is 0.164 e. The van der Waals surface area contributed by atoms with Gasteiger partial charge in [0, 0.05) is 37.7 Å². The second-order valence-corrected chi connectivity index (χ2v) is 5.34. The monoisotopic (exact) mass is 299 g/mol. The fourth-order valence-electron chi connectivity index (χ4n) is 2.54. The van der Waals surface area contributed by atoms with Crippen LogP contribution in [-0.4, -0.2) is 54.2 Å². The topological polar surface area (TPSA) is 49.8 Å². The van der Waals surface area contributed by atoms with Crippen LogP contribution in [0.25, 0.3) is 0 Å². The highest BCUT2D eigenvalue weighted by molar-refractivity contribution is 5.96. The third-order valence-electron chi connectivity index (χ3n) is 3.45. The lowest BCUT2D eigenvalue weighted by molar-refractivity contribution is -0.0947. The van der Waals surface area contributed by atoms with E-state index in [0.29, 0.717) is 19.6 Å². The summed E-state index contributed by atoms with van der Waals surface area (Å²) in [5.41, 5.74) is 0.0486. The molecule has 2 unspecified atom stereocenters. The van der Waals surface area contributed by atoms with E-state index in [-0.39, 0.29) is 36.6 Å². The molecule has 116 valence electrons. The summed E-state index contributed by atoms with van der Waals surface area (Å²) in [6, 6.07) is 2.83. The minimum absolute atomic E-state index is 0.0161. The molecular weight excluding hydrogens is 280 g/mol. The number of halogens is 2. The van der Waals surface area contributed by atoms with Crippen molar-refractivity contribution < 1.29 is 23.4 Å². The summed E-state index contributed by atoms with van der Waals surface area (Å²) in [6.45, 7) is 3.52. The SMILES string of the molecule is CC1CN(CCC(=O)c2cc(F)cc(F)c2)CC(CO)O1. The average molecular weight is 299 g/mol. The Morgan fingerprint density at radius 1 is 1.33 bits per heavy atom. The minimum Gasteiger partial charge on any atom is -0.394 e. The summed E-state index contributed by atoms with van der Waals surface area (Å²) < 4.78 is 31.7. The molecule has 1 aromatic carbocycles. The molecule has 1 aliphatic rings. The molecule has 0 aliphatic carbocycles. The molecule has 0 spiro atoms. The number of benzene rings is 1. The quantitative estimate of drug-likeness (QED) is 0.840. The molecule has 0 bridgehead atoms. The van der Waals surface area contributed by atoms with E-state index in [4.69, 9.17) is 9.84 Å². The van der Waals surface area contributed by atoms with Gasteiger partial charge < -0.3 is 9.84 Å². The number of carbonyl (C=O) groups excluding carboxylic acids is 1. The maximum absolute atomic E-state index is 13.1. The van der Waals surface area contributed by atoms with Crippen molar-refractivity contribution >= 4 is 5.78 Å². The van der Waals surface area contributed by atoms with Gasteiger partial charge in [-0.25, -0.2) is 8.78 Å². The van der Waals surface area contributed by atoms with E-state index < -0.39 is 11.6 Å². The number of ether oxygens (including phenoxy) is 1. The van der Waals surface area contributed by atoms with Gasteiger partial charge in [-0.15, -0.1) is 0 Å². The van der Waals surface area contributed by atoms with Crippen LogP contribution in [0.1, 0.15) is 23.7 Å². The van der Waals surface area contributed by atoms with Crippen LogP contribution in [0.15, 0.2) is 18.2 Å². The second kappa shape index (κ2) is 7.06. The molecule has 0 amide bonds. The van der Waals surface area contributed by atoms with Gasteiger partial charge in [0.2, 0.25) is 0 Å². The highest BCUT2D eigenvalue weighted by atomic mass is 19.1. The van der Waals surface area contributed by atoms with Crippen molar-refractivity contribution in [2.24, 2.45) is 0 Å². The van der Waals surface area contributed by atoms with E-state index in [2.05, 4.69) is 0 Å². The Balaban J connectivity index is 1.91. The molecular formula is C15H19F2NO3. The highest BCUT2D eigenvalue weighted by Crippen LogP contribution is 2.14. The van der Waals surface area contributed by atoms with E-state index >= 15 is 0 Å². The van der Waals surface area contributed by atoms with Crippen LogP contribution >= 0.6 is 0 Å². The van der Waals surface area contributed by atoms with Crippen LogP contribution in [0.5, 0.6) is 0 Å². The number of hydrogen-bond acceptors (Lipinski definition) is 4. The van der Waals surface area contributed by atoms with Crippen LogP contribution in [0.4, 0.5) is 8.78 Å². The molecule has 1 saturated heterocycles. The maximum Gasteiger partial charge on any atom is 0.164 e. The van der Waals surface area contributed by atoms with Gasteiger partial charge >= 0.3 is 0 Å². The van der Waals surface area contributed by atoms with Gasteiger partial charge in [-0.3, -0.25) is 9.69 Å². The summed E-state index contributed by atoms with van der Waals surface area (Å²) in [4.78, 5) is 14.0. The number of morpholine rings is 1. The fourth-order valence-corrected chi connectivity index (χ4v) is 2.54. The Labute approximate surface area is 122 Å². The summed E-state index contributed by atoms with van der Waals surface area (Å²) in [7, 11) is 0. The van der Waals surface area contributed by atoms with Gasteiger partial charge in [0.1, 0.15) is 11.6 Å². The Hall–Kier alpha value is -1.37. The first-order valence-corrected chi connectivity index (χ1v) is 6.96. The summed E-state index contributed by atoms with van der Waals surface area (Å²) >= 11 is 0. The maximum atomic E-state index is 13.1. The molecule has 1 aromatic rings. The van der Waals surface area contributed by atoms with E-state index in [9.17, 15) is 13.6 Å². The van der Waals surface area contributed by atoms with Gasteiger partial charge in [0.05, 0.1) is 18.8 Å². The number of rotatable bonds is 5. The van der Waals surface area contributed by atoms with Crippen LogP contribution in [0.2, 0.25) is 0 Å². The van der Waals surface area contributed by atoms with Crippen molar-refractivity contribution in [2.75, 3.05) is 26.2 Å². The normalized spacial score (nSPS) is 23.2. The lowest BCUT2D eigenvalue weighted by Gasteiger charge is -2.35. The lowest BCUT2D eigenvalue weighted by Crippen LogP contribution is -2.48. The molecule has 2 atom stereocenters.